The Morgan fingerprint density at radius 1 is 0.886 bits per heavy atom. The standard InChI is InChI=1S/C69H101N3O7/c1-8-9-10-15-44-31-43-21-20-40(38-73)30-49(43)50(34-57(75)63-68(6,79-63)53-19-14-18-48(53)42-16-13-17-46(70)32-42)59-54-24-25-58-66(4)35-51(45-28-41(37-71-7)29-47(74)33-45)62(77)65(3)27-12-11-26-64(2,78)39-72-56(61(65)66)36-69(58)52(44)22-23-55(60(59)76)67(54,69)5/h13,16-17,28-29,32-33,40,43-44,48-53,55-58,61,63,71-75,78H,8-12,14-15,18-27,30-31,34-39,70H2,1-7H3/t40-,43-,44-,48+,49+,50+,51+,52-,53-,55+,56+,57-,58-,61+,63-,64-,65-,66+,67-,68-,69-/m1/s1. The molecule has 8 aliphatic carbocycles. The summed E-state index contributed by atoms with van der Waals surface area (Å²) in [4.78, 5) is 32.6. The van der Waals surface area contributed by atoms with Crippen LogP contribution in [0.25, 0.3) is 0 Å². The Hall–Kier alpha value is -3.12. The minimum atomic E-state index is -0.896. The number of hydrogen-bond acceptors (Lipinski definition) is 10. The number of rotatable bonds is 13. The maximum absolute atomic E-state index is 16.6. The van der Waals surface area contributed by atoms with E-state index in [1.165, 1.54) is 30.4 Å². The molecule has 10 aliphatic rings. The zero-order chi connectivity index (χ0) is 55.6. The number of aliphatic hydroxyl groups excluding tert-OH is 2. The van der Waals surface area contributed by atoms with Crippen LogP contribution >= 0.6 is 0 Å². The summed E-state index contributed by atoms with van der Waals surface area (Å²) in [5.41, 5.74) is 9.76. The topological polar surface area (TPSA) is 178 Å². The number of carbonyl (C=O) groups excluding carboxylic acids is 2. The van der Waals surface area contributed by atoms with Gasteiger partial charge in [0.05, 0.1) is 17.3 Å². The lowest BCUT2D eigenvalue weighted by molar-refractivity contribution is -0.247. The first-order valence-corrected chi connectivity index (χ1v) is 32.3. The Labute approximate surface area is 474 Å². The lowest BCUT2D eigenvalue weighted by Crippen LogP contribution is -2.74. The van der Waals surface area contributed by atoms with Crippen LogP contribution in [0.2, 0.25) is 0 Å². The van der Waals surface area contributed by atoms with Crippen molar-refractivity contribution in [1.82, 2.24) is 10.6 Å². The molecule has 434 valence electrons. The maximum Gasteiger partial charge on any atom is 0.163 e. The largest absolute Gasteiger partial charge is 0.508 e. The van der Waals surface area contributed by atoms with Crippen molar-refractivity contribution in [3.05, 3.63) is 70.3 Å². The van der Waals surface area contributed by atoms with Crippen molar-refractivity contribution in [3.63, 3.8) is 0 Å². The molecule has 79 heavy (non-hydrogen) atoms. The molecule has 10 nitrogen and oxygen atoms in total. The summed E-state index contributed by atoms with van der Waals surface area (Å²) in [6, 6.07) is 14.2. The minimum absolute atomic E-state index is 0.0214. The van der Waals surface area contributed by atoms with Gasteiger partial charge in [-0.05, 0) is 234 Å². The molecule has 2 aromatic carbocycles. The highest BCUT2D eigenvalue weighted by atomic mass is 16.6. The summed E-state index contributed by atoms with van der Waals surface area (Å²) in [7, 11) is 1.93. The molecule has 0 amide bonds. The summed E-state index contributed by atoms with van der Waals surface area (Å²) in [6.07, 6.45) is 19.9. The van der Waals surface area contributed by atoms with Gasteiger partial charge in [-0.15, -0.1) is 0 Å². The molecule has 8 fully saturated rings. The predicted molar refractivity (Wildman–Crippen MR) is 312 cm³/mol. The van der Waals surface area contributed by atoms with E-state index in [2.05, 4.69) is 69.5 Å². The molecule has 5 bridgehead atoms. The number of epoxide rings is 1. The zero-order valence-electron chi connectivity index (χ0n) is 49.5. The fraction of sp³-hybridized carbons (Fsp3) is 0.768. The fourth-order valence-electron chi connectivity index (χ4n) is 22.8. The summed E-state index contributed by atoms with van der Waals surface area (Å²) in [5, 5.41) is 55.2. The number of benzene rings is 2. The van der Waals surface area contributed by atoms with Crippen LogP contribution in [0.1, 0.15) is 211 Å². The van der Waals surface area contributed by atoms with Gasteiger partial charge in [-0.1, -0.05) is 96.4 Å². The third kappa shape index (κ3) is 8.94. The molecular weight excluding hydrogens is 983 g/mol. The second kappa shape index (κ2) is 20.9. The first kappa shape index (κ1) is 56.4. The first-order valence-electron chi connectivity index (χ1n) is 32.3. The van der Waals surface area contributed by atoms with Crippen LogP contribution in [-0.4, -0.2) is 81.6 Å². The van der Waals surface area contributed by atoms with Crippen LogP contribution in [0.5, 0.6) is 5.75 Å². The molecule has 12 rings (SSSR count). The maximum atomic E-state index is 16.6. The van der Waals surface area contributed by atoms with Gasteiger partial charge in [0.25, 0.3) is 0 Å². The smallest absolute Gasteiger partial charge is 0.163 e. The number of unbranched alkanes of at least 4 members (excludes halogenated alkanes) is 2. The number of nitrogens with one attached hydrogen (secondary N) is 2. The van der Waals surface area contributed by atoms with E-state index in [0.717, 1.165) is 125 Å². The number of aliphatic hydroxyl groups is 3. The molecule has 2 heterocycles. The Balaban J connectivity index is 1.02. The second-order valence-electron chi connectivity index (χ2n) is 29.9. The van der Waals surface area contributed by atoms with Gasteiger partial charge >= 0.3 is 0 Å². The van der Waals surface area contributed by atoms with Gasteiger partial charge < -0.3 is 41.5 Å². The van der Waals surface area contributed by atoms with Crippen molar-refractivity contribution in [2.45, 2.75) is 231 Å². The van der Waals surface area contributed by atoms with E-state index in [9.17, 15) is 20.4 Å². The number of phenolic OH excluding ortho intramolecular Hbond substituents is 1. The predicted octanol–water partition coefficient (Wildman–Crippen LogP) is 12.1. The molecule has 10 heteroatoms. The number of ether oxygens (including phenoxy) is 1. The summed E-state index contributed by atoms with van der Waals surface area (Å²) in [5.74, 6) is 2.59. The van der Waals surface area contributed by atoms with Crippen LogP contribution in [0.15, 0.2) is 53.6 Å². The van der Waals surface area contributed by atoms with Crippen LogP contribution in [0.3, 0.4) is 0 Å². The minimum Gasteiger partial charge on any atom is -0.508 e. The highest BCUT2D eigenvalue weighted by molar-refractivity contribution is 6.03. The van der Waals surface area contributed by atoms with Gasteiger partial charge in [-0.25, -0.2) is 0 Å². The number of nitrogen functional groups attached to an aromatic ring is 1. The number of aromatic hydroxyl groups is 1. The van der Waals surface area contributed by atoms with Crippen molar-refractivity contribution >= 4 is 17.3 Å². The molecule has 2 aliphatic heterocycles. The number of allylic oxidation sites excluding steroid dienone is 2. The zero-order valence-corrected chi connectivity index (χ0v) is 49.5. The van der Waals surface area contributed by atoms with Gasteiger partial charge in [0, 0.05) is 54.1 Å². The van der Waals surface area contributed by atoms with E-state index in [4.69, 9.17) is 10.5 Å². The van der Waals surface area contributed by atoms with Crippen molar-refractivity contribution in [2.75, 3.05) is 25.9 Å². The quantitative estimate of drug-likeness (QED) is 0.0580. The third-order valence-corrected chi connectivity index (χ3v) is 25.8. The molecule has 8 N–H and O–H groups in total. The molecule has 21 atom stereocenters. The number of ketones is 2. The number of nitrogens with two attached hydrogens (primary N) is 1. The molecule has 1 spiro atoms. The summed E-state index contributed by atoms with van der Waals surface area (Å²) in [6.45, 7) is 15.3. The number of β-amino-alcohol motifs (C(OH)–C–C–N with tert-alkyl or cyclic N) is 1. The summed E-state index contributed by atoms with van der Waals surface area (Å²) >= 11 is 0. The van der Waals surface area contributed by atoms with E-state index in [1.54, 1.807) is 0 Å². The number of carbonyl (C=O) groups is 2. The molecule has 0 unspecified atom stereocenters. The average Bonchev–Trinajstić information content (AvgIpc) is 2.49. The Kier molecular flexibility index (Phi) is 14.9. The number of fused-ring (bicyclic) bond motifs is 2. The molecule has 0 radical (unpaired) electrons. The molecule has 2 saturated heterocycles. The van der Waals surface area contributed by atoms with Gasteiger partial charge in [-0.2, -0.15) is 0 Å². The first-order chi connectivity index (χ1) is 37.8. The fourth-order valence-corrected chi connectivity index (χ4v) is 22.8. The van der Waals surface area contributed by atoms with E-state index in [1.807, 2.05) is 32.2 Å². The average molecular weight is 1080 g/mol. The van der Waals surface area contributed by atoms with Gasteiger partial charge in [-0.3, -0.25) is 9.59 Å². The van der Waals surface area contributed by atoms with Crippen LogP contribution in [0, 0.1) is 80.8 Å². The monoisotopic (exact) mass is 1080 g/mol. The highest BCUT2D eigenvalue weighted by Gasteiger charge is 2.78. The van der Waals surface area contributed by atoms with Crippen molar-refractivity contribution in [1.29, 1.82) is 0 Å². The lowest BCUT2D eigenvalue weighted by atomic mass is 9.28. The Morgan fingerprint density at radius 3 is 2.47 bits per heavy atom. The second-order valence-corrected chi connectivity index (χ2v) is 29.9. The Bertz CT molecular complexity index is 2670. The van der Waals surface area contributed by atoms with Crippen molar-refractivity contribution in [3.8, 4) is 5.75 Å². The van der Waals surface area contributed by atoms with E-state index in [-0.39, 0.29) is 82.7 Å². The molecule has 0 aromatic heterocycles. The molecule has 2 aromatic rings. The molecular formula is C69H101N3O7. The van der Waals surface area contributed by atoms with Crippen molar-refractivity contribution < 1.29 is 34.8 Å². The number of phenols is 1. The molecule has 6 saturated carbocycles. The third-order valence-electron chi connectivity index (χ3n) is 25.8. The highest BCUT2D eigenvalue weighted by Crippen LogP contribution is 2.82. The lowest BCUT2D eigenvalue weighted by Gasteiger charge is -2.76. The van der Waals surface area contributed by atoms with Gasteiger partial charge in [0.15, 0.2) is 5.78 Å². The summed E-state index contributed by atoms with van der Waals surface area (Å²) < 4.78 is 6.89. The number of anilines is 1. The van der Waals surface area contributed by atoms with Crippen LogP contribution in [0.4, 0.5) is 5.69 Å². The van der Waals surface area contributed by atoms with Gasteiger partial charge in [0.2, 0.25) is 0 Å². The van der Waals surface area contributed by atoms with E-state index in [0.29, 0.717) is 67.6 Å². The normalized spacial score (nSPS) is 45.8. The number of Topliss-reactive ketones (excluding diaryl/α,β-unsaturated/α-hetero) is 2. The Morgan fingerprint density at radius 2 is 1.70 bits per heavy atom. The SMILES string of the molecule is CCCCC[C@@H]1C[C@H]2CC[C@@H](CO)C[C@@H]2[C@H](C[C@@H](O)[C@H]2O[C@]2(C)[C@@H]2CCC[C@H]2c2cccc(N)c2)C2=C3CC[C@@H]4[C@]5(C)C[C@@H](c6cc(O)cc(CNC)c6)C(=O)[C@]6(C)CCCC[C@@](C)(O)CN[C@@H](C[C@@]47[C@@H]1CC[C@@H](C2=O)[C@@]37C)[C@H]56. The number of hydrogen-bond donors (Lipinski definition) is 7. The van der Waals surface area contributed by atoms with E-state index < -0.39 is 28.1 Å². The van der Waals surface area contributed by atoms with E-state index >= 15 is 9.59 Å². The van der Waals surface area contributed by atoms with Crippen LogP contribution < -0.4 is 16.4 Å². The van der Waals surface area contributed by atoms with Gasteiger partial charge in [0.1, 0.15) is 17.6 Å². The van der Waals surface area contributed by atoms with Crippen LogP contribution in [-0.2, 0) is 20.9 Å². The van der Waals surface area contributed by atoms with Crippen molar-refractivity contribution in [2.24, 2.45) is 80.8 Å².